The predicted octanol–water partition coefficient (Wildman–Crippen LogP) is 3.59. The molecular weight excluding hydrogens is 381 g/mol. The van der Waals surface area contributed by atoms with Crippen LogP contribution in [0.1, 0.15) is 21.7 Å². The molecule has 0 saturated carbocycles. The number of aromatic nitrogens is 4. The zero-order valence-electron chi connectivity index (χ0n) is 15.1. The van der Waals surface area contributed by atoms with Crippen molar-refractivity contribution in [3.05, 3.63) is 82.8 Å². The summed E-state index contributed by atoms with van der Waals surface area (Å²) in [6.07, 6.45) is 4.46. The van der Waals surface area contributed by atoms with Crippen LogP contribution in [0.25, 0.3) is 11.3 Å². The normalized spacial score (nSPS) is 11.1. The lowest BCUT2D eigenvalue weighted by Crippen LogP contribution is -2.26. The Morgan fingerprint density at radius 1 is 1.21 bits per heavy atom. The summed E-state index contributed by atoms with van der Waals surface area (Å²) in [5.41, 5.74) is 3.14. The summed E-state index contributed by atoms with van der Waals surface area (Å²) in [7, 11) is 0. The van der Waals surface area contributed by atoms with Gasteiger partial charge < -0.3 is 9.72 Å². The van der Waals surface area contributed by atoms with Crippen LogP contribution in [-0.4, -0.2) is 31.6 Å². The van der Waals surface area contributed by atoms with Gasteiger partial charge in [-0.1, -0.05) is 17.7 Å². The molecule has 4 aromatic rings. The van der Waals surface area contributed by atoms with Crippen molar-refractivity contribution in [3.63, 3.8) is 0 Å². The van der Waals surface area contributed by atoms with E-state index in [1.54, 1.807) is 19.1 Å². The van der Waals surface area contributed by atoms with E-state index in [1.165, 1.54) is 16.8 Å². The fourth-order valence-corrected chi connectivity index (χ4v) is 3.37. The molecule has 0 unspecified atom stereocenters. The summed E-state index contributed by atoms with van der Waals surface area (Å²) in [5, 5.41) is 7.36. The number of imidazole rings is 1. The Labute approximate surface area is 165 Å². The van der Waals surface area contributed by atoms with Crippen LogP contribution in [0.5, 0.6) is 0 Å². The van der Waals surface area contributed by atoms with Gasteiger partial charge in [-0.2, -0.15) is 5.10 Å². The molecular formula is C20H17ClFN5O. The molecule has 3 aromatic heterocycles. The number of aryl methyl sites for hydroxylation is 1. The molecule has 0 fully saturated rings. The highest BCUT2D eigenvalue weighted by atomic mass is 35.5. The fraction of sp³-hybridized carbons (Fsp3) is 0.150. The number of amides is 1. The van der Waals surface area contributed by atoms with Crippen molar-refractivity contribution in [2.24, 2.45) is 0 Å². The highest BCUT2D eigenvalue weighted by Crippen LogP contribution is 2.23. The summed E-state index contributed by atoms with van der Waals surface area (Å²) in [6, 6.07) is 11.5. The van der Waals surface area contributed by atoms with Gasteiger partial charge in [0.15, 0.2) is 0 Å². The molecule has 6 nitrogen and oxygen atoms in total. The Kier molecular flexibility index (Phi) is 4.83. The predicted molar refractivity (Wildman–Crippen MR) is 104 cm³/mol. The van der Waals surface area contributed by atoms with E-state index in [1.807, 2.05) is 35.0 Å². The molecule has 28 heavy (non-hydrogen) atoms. The van der Waals surface area contributed by atoms with Gasteiger partial charge in [0.2, 0.25) is 0 Å². The van der Waals surface area contributed by atoms with E-state index < -0.39 is 0 Å². The van der Waals surface area contributed by atoms with E-state index in [9.17, 15) is 9.18 Å². The van der Waals surface area contributed by atoms with Crippen LogP contribution in [0.2, 0.25) is 5.15 Å². The monoisotopic (exact) mass is 397 g/mol. The van der Waals surface area contributed by atoms with Crippen molar-refractivity contribution in [2.45, 2.75) is 13.3 Å². The first-order valence-electron chi connectivity index (χ1n) is 8.75. The summed E-state index contributed by atoms with van der Waals surface area (Å²) in [4.78, 5) is 17.1. The van der Waals surface area contributed by atoms with Gasteiger partial charge in [0.1, 0.15) is 16.6 Å². The standard InChI is InChI=1S/C20H17ClFN5O/c1-13-18(19(21)27(25-13)16-7-5-14(22)6-8-16)20(28)23-10-9-15-12-26-11-3-2-4-17(26)24-15/h2-8,11-12H,9-10H2,1H3,(H,23,28). The zero-order valence-corrected chi connectivity index (χ0v) is 15.8. The fourth-order valence-electron chi connectivity index (χ4n) is 3.01. The summed E-state index contributed by atoms with van der Waals surface area (Å²) >= 11 is 6.38. The zero-order chi connectivity index (χ0) is 19.7. The average Bonchev–Trinajstić information content (AvgIpc) is 3.22. The molecule has 0 radical (unpaired) electrons. The number of halogens is 2. The van der Waals surface area contributed by atoms with Crippen molar-refractivity contribution in [1.29, 1.82) is 0 Å². The molecule has 0 spiro atoms. The van der Waals surface area contributed by atoms with Crippen LogP contribution in [0.3, 0.4) is 0 Å². The number of carbonyl (C=O) groups excluding carboxylic acids is 1. The van der Waals surface area contributed by atoms with Gasteiger partial charge >= 0.3 is 0 Å². The molecule has 0 aliphatic carbocycles. The molecule has 1 N–H and O–H groups in total. The van der Waals surface area contributed by atoms with E-state index in [2.05, 4.69) is 15.4 Å². The Hall–Kier alpha value is -3.19. The molecule has 0 atom stereocenters. The van der Waals surface area contributed by atoms with Crippen LogP contribution in [-0.2, 0) is 6.42 Å². The van der Waals surface area contributed by atoms with Gasteiger partial charge in [-0.15, -0.1) is 0 Å². The van der Waals surface area contributed by atoms with Crippen molar-refractivity contribution in [3.8, 4) is 5.69 Å². The number of rotatable bonds is 5. The maximum absolute atomic E-state index is 13.1. The first-order valence-corrected chi connectivity index (χ1v) is 9.12. The average molecular weight is 398 g/mol. The molecule has 142 valence electrons. The van der Waals surface area contributed by atoms with Crippen molar-refractivity contribution in [2.75, 3.05) is 6.54 Å². The highest BCUT2D eigenvalue weighted by Gasteiger charge is 2.21. The molecule has 3 heterocycles. The molecule has 0 aliphatic heterocycles. The first kappa shape index (κ1) is 18.2. The number of pyridine rings is 1. The van der Waals surface area contributed by atoms with Gasteiger partial charge in [-0.3, -0.25) is 4.79 Å². The summed E-state index contributed by atoms with van der Waals surface area (Å²) < 4.78 is 16.5. The molecule has 4 rings (SSSR count). The third-order valence-corrected chi connectivity index (χ3v) is 4.73. The van der Waals surface area contributed by atoms with Crippen LogP contribution in [0.15, 0.2) is 54.9 Å². The number of hydrogen-bond donors (Lipinski definition) is 1. The van der Waals surface area contributed by atoms with Gasteiger partial charge in [-0.05, 0) is 43.3 Å². The minimum Gasteiger partial charge on any atom is -0.351 e. The van der Waals surface area contributed by atoms with Crippen LogP contribution < -0.4 is 5.32 Å². The van der Waals surface area contributed by atoms with Gasteiger partial charge in [0.25, 0.3) is 5.91 Å². The molecule has 1 aromatic carbocycles. The highest BCUT2D eigenvalue weighted by molar-refractivity contribution is 6.33. The lowest BCUT2D eigenvalue weighted by Gasteiger charge is -2.05. The summed E-state index contributed by atoms with van der Waals surface area (Å²) in [5.74, 6) is -0.659. The number of fused-ring (bicyclic) bond motifs is 1. The van der Waals surface area contributed by atoms with Crippen molar-refractivity contribution in [1.82, 2.24) is 24.5 Å². The van der Waals surface area contributed by atoms with E-state index in [0.717, 1.165) is 11.3 Å². The number of carbonyl (C=O) groups is 1. The Balaban J connectivity index is 1.46. The smallest absolute Gasteiger partial charge is 0.256 e. The minimum atomic E-state index is -0.353. The lowest BCUT2D eigenvalue weighted by molar-refractivity contribution is 0.0953. The number of benzene rings is 1. The van der Waals surface area contributed by atoms with Crippen molar-refractivity contribution < 1.29 is 9.18 Å². The van der Waals surface area contributed by atoms with E-state index in [0.29, 0.717) is 29.9 Å². The second-order valence-corrected chi connectivity index (χ2v) is 6.70. The van der Waals surface area contributed by atoms with E-state index in [-0.39, 0.29) is 16.9 Å². The van der Waals surface area contributed by atoms with Crippen LogP contribution in [0.4, 0.5) is 4.39 Å². The number of hydrogen-bond acceptors (Lipinski definition) is 3. The Morgan fingerprint density at radius 3 is 2.75 bits per heavy atom. The van der Waals surface area contributed by atoms with Gasteiger partial charge in [0.05, 0.1) is 22.6 Å². The summed E-state index contributed by atoms with van der Waals surface area (Å²) in [6.45, 7) is 2.13. The Bertz CT molecular complexity index is 1120. The maximum atomic E-state index is 13.1. The molecule has 1 amide bonds. The molecule has 0 aliphatic rings. The third kappa shape index (κ3) is 3.48. The molecule has 8 heteroatoms. The van der Waals surface area contributed by atoms with Crippen molar-refractivity contribution >= 4 is 23.2 Å². The van der Waals surface area contributed by atoms with E-state index >= 15 is 0 Å². The van der Waals surface area contributed by atoms with Gasteiger partial charge in [-0.25, -0.2) is 14.1 Å². The second kappa shape index (κ2) is 7.44. The topological polar surface area (TPSA) is 64.2 Å². The Morgan fingerprint density at radius 2 is 2.00 bits per heavy atom. The van der Waals surface area contributed by atoms with Gasteiger partial charge in [0, 0.05) is 25.4 Å². The maximum Gasteiger partial charge on any atom is 0.256 e. The van der Waals surface area contributed by atoms with Crippen LogP contribution >= 0.6 is 11.6 Å². The third-order valence-electron chi connectivity index (χ3n) is 4.38. The number of nitrogens with one attached hydrogen (secondary N) is 1. The molecule has 0 saturated heterocycles. The number of nitrogens with zero attached hydrogens (tertiary/aromatic N) is 4. The first-order chi connectivity index (χ1) is 13.5. The largest absolute Gasteiger partial charge is 0.351 e. The second-order valence-electron chi connectivity index (χ2n) is 6.34. The SMILES string of the molecule is Cc1nn(-c2ccc(F)cc2)c(Cl)c1C(=O)NCCc1cn2ccccc2n1. The minimum absolute atomic E-state index is 0.189. The van der Waals surface area contributed by atoms with Crippen LogP contribution in [0, 0.1) is 12.7 Å². The quantitative estimate of drug-likeness (QED) is 0.559. The van der Waals surface area contributed by atoms with E-state index in [4.69, 9.17) is 11.6 Å². The molecule has 0 bridgehead atoms. The lowest BCUT2D eigenvalue weighted by atomic mass is 10.2.